The molecule has 0 aliphatic carbocycles. The van der Waals surface area contributed by atoms with Crippen LogP contribution in [0.4, 0.5) is 0 Å². The van der Waals surface area contributed by atoms with Gasteiger partial charge in [0.15, 0.2) is 5.65 Å². The summed E-state index contributed by atoms with van der Waals surface area (Å²) in [6.45, 7) is 5.49. The van der Waals surface area contributed by atoms with Gasteiger partial charge in [0, 0.05) is 25.1 Å². The van der Waals surface area contributed by atoms with Gasteiger partial charge < -0.3 is 9.30 Å². The molecule has 0 aromatic carbocycles. The summed E-state index contributed by atoms with van der Waals surface area (Å²) in [5.41, 5.74) is 1.82. The van der Waals surface area contributed by atoms with E-state index < -0.39 is 0 Å². The number of hydrogen-bond acceptors (Lipinski definition) is 3. The molecule has 1 unspecified atom stereocenters. The molecule has 0 aliphatic heterocycles. The molecule has 0 amide bonds. The van der Waals surface area contributed by atoms with Crippen molar-refractivity contribution in [2.45, 2.75) is 26.3 Å². The Morgan fingerprint density at radius 2 is 2.33 bits per heavy atom. The number of hydrogen-bond donors (Lipinski definition) is 0. The Bertz CT molecular complexity index is 512. The third kappa shape index (κ3) is 2.65. The summed E-state index contributed by atoms with van der Waals surface area (Å²) in [6.07, 6.45) is 2.53. The molecule has 0 aliphatic rings. The molecule has 0 bridgehead atoms. The van der Waals surface area contributed by atoms with Crippen molar-refractivity contribution in [1.29, 1.82) is 0 Å². The number of pyridine rings is 1. The van der Waals surface area contributed by atoms with Gasteiger partial charge in [0.1, 0.15) is 11.3 Å². The Morgan fingerprint density at radius 3 is 3.06 bits per heavy atom. The zero-order valence-electron chi connectivity index (χ0n) is 10.8. The maximum Gasteiger partial charge on any atom is 0.160 e. The van der Waals surface area contributed by atoms with E-state index in [1.807, 2.05) is 19.1 Å². The van der Waals surface area contributed by atoms with Crippen molar-refractivity contribution in [3.63, 3.8) is 0 Å². The molecule has 0 N–H and O–H groups in total. The van der Waals surface area contributed by atoms with Crippen LogP contribution in [0, 0.1) is 0 Å². The summed E-state index contributed by atoms with van der Waals surface area (Å²) < 4.78 is 7.62. The van der Waals surface area contributed by atoms with E-state index in [0.717, 1.165) is 30.0 Å². The van der Waals surface area contributed by atoms with E-state index in [1.165, 1.54) is 0 Å². The first-order valence-electron chi connectivity index (χ1n) is 6.23. The van der Waals surface area contributed by atoms with Crippen LogP contribution >= 0.6 is 11.6 Å². The maximum atomic E-state index is 5.84. The molecule has 0 fully saturated rings. The van der Waals surface area contributed by atoms with Crippen LogP contribution in [0.3, 0.4) is 0 Å². The highest BCUT2D eigenvalue weighted by Crippen LogP contribution is 2.20. The van der Waals surface area contributed by atoms with Crippen LogP contribution in [0.5, 0.6) is 0 Å². The largest absolute Gasteiger partial charge is 0.380 e. The van der Waals surface area contributed by atoms with Crippen LogP contribution in [0.1, 0.15) is 25.7 Å². The predicted octanol–water partition coefficient (Wildman–Crippen LogP) is 2.81. The first-order valence-corrected chi connectivity index (χ1v) is 6.77. The molecule has 5 heteroatoms. The Balaban J connectivity index is 2.40. The molecule has 2 heterocycles. The van der Waals surface area contributed by atoms with E-state index in [2.05, 4.69) is 21.5 Å². The van der Waals surface area contributed by atoms with E-state index in [-0.39, 0.29) is 6.04 Å². The number of ether oxygens (including phenoxy) is 1. The third-order valence-electron chi connectivity index (χ3n) is 2.84. The van der Waals surface area contributed by atoms with E-state index in [0.29, 0.717) is 12.5 Å². The minimum absolute atomic E-state index is 0.211. The van der Waals surface area contributed by atoms with Crippen molar-refractivity contribution < 1.29 is 4.74 Å². The van der Waals surface area contributed by atoms with Gasteiger partial charge in [0.25, 0.3) is 0 Å². The minimum Gasteiger partial charge on any atom is -0.380 e. The molecule has 0 radical (unpaired) electrons. The van der Waals surface area contributed by atoms with Crippen molar-refractivity contribution >= 4 is 22.8 Å². The molecule has 2 aromatic rings. The molecule has 0 saturated heterocycles. The maximum absolute atomic E-state index is 5.84. The van der Waals surface area contributed by atoms with Crippen LogP contribution in [-0.4, -0.2) is 33.6 Å². The van der Waals surface area contributed by atoms with Gasteiger partial charge in [-0.25, -0.2) is 9.97 Å². The lowest BCUT2D eigenvalue weighted by atomic mass is 10.3. The second kappa shape index (κ2) is 6.16. The Labute approximate surface area is 112 Å². The smallest absolute Gasteiger partial charge is 0.160 e. The number of aromatic nitrogens is 3. The number of alkyl halides is 1. The number of rotatable bonds is 6. The molecular weight excluding hydrogens is 250 g/mol. The summed E-state index contributed by atoms with van der Waals surface area (Å²) in [7, 11) is 0. The number of nitrogens with zero attached hydrogens (tertiary/aromatic N) is 3. The summed E-state index contributed by atoms with van der Waals surface area (Å²) in [5, 5.41) is 0. The topological polar surface area (TPSA) is 39.9 Å². The van der Waals surface area contributed by atoms with Crippen LogP contribution in [0.15, 0.2) is 18.3 Å². The molecule has 1 atom stereocenters. The van der Waals surface area contributed by atoms with Crippen LogP contribution < -0.4 is 0 Å². The van der Waals surface area contributed by atoms with Gasteiger partial charge in [-0.15, -0.1) is 11.6 Å². The highest BCUT2D eigenvalue weighted by Gasteiger charge is 2.16. The Hall–Kier alpha value is -1.13. The quantitative estimate of drug-likeness (QED) is 0.756. The lowest BCUT2D eigenvalue weighted by Crippen LogP contribution is -2.15. The number of imidazole rings is 1. The molecule has 98 valence electrons. The molecule has 2 rings (SSSR count). The van der Waals surface area contributed by atoms with Crippen LogP contribution in [0.25, 0.3) is 11.2 Å². The summed E-state index contributed by atoms with van der Waals surface area (Å²) in [5.74, 6) is 1.54. The molecule has 18 heavy (non-hydrogen) atoms. The highest BCUT2D eigenvalue weighted by molar-refractivity contribution is 6.17. The van der Waals surface area contributed by atoms with Gasteiger partial charge in [0.2, 0.25) is 0 Å². The van der Waals surface area contributed by atoms with Crippen molar-refractivity contribution in [2.75, 3.05) is 19.1 Å². The van der Waals surface area contributed by atoms with Crippen LogP contribution in [0.2, 0.25) is 0 Å². The number of halogens is 1. The van der Waals surface area contributed by atoms with Crippen molar-refractivity contribution in [3.8, 4) is 0 Å². The Morgan fingerprint density at radius 1 is 1.50 bits per heavy atom. The average Bonchev–Trinajstić information content (AvgIpc) is 2.74. The average molecular weight is 268 g/mol. The zero-order chi connectivity index (χ0) is 13.0. The minimum atomic E-state index is 0.211. The van der Waals surface area contributed by atoms with Crippen molar-refractivity contribution in [2.24, 2.45) is 0 Å². The van der Waals surface area contributed by atoms with Crippen molar-refractivity contribution in [1.82, 2.24) is 14.5 Å². The lowest BCUT2D eigenvalue weighted by Gasteiger charge is -2.16. The summed E-state index contributed by atoms with van der Waals surface area (Å²) in [4.78, 5) is 9.01. The van der Waals surface area contributed by atoms with E-state index in [1.54, 1.807) is 6.20 Å². The first kappa shape index (κ1) is 13.3. The molecule has 0 saturated carbocycles. The fourth-order valence-corrected chi connectivity index (χ4v) is 2.23. The summed E-state index contributed by atoms with van der Waals surface area (Å²) in [6, 6.07) is 4.09. The number of fused-ring (bicyclic) bond motifs is 1. The normalized spacial score (nSPS) is 13.1. The third-order valence-corrected chi connectivity index (χ3v) is 3.03. The Kier molecular flexibility index (Phi) is 4.55. The fraction of sp³-hybridized carbons (Fsp3) is 0.538. The fourth-order valence-electron chi connectivity index (χ4n) is 2.06. The van der Waals surface area contributed by atoms with E-state index >= 15 is 0 Å². The van der Waals surface area contributed by atoms with E-state index in [4.69, 9.17) is 16.3 Å². The van der Waals surface area contributed by atoms with Gasteiger partial charge in [-0.2, -0.15) is 0 Å². The van der Waals surface area contributed by atoms with Gasteiger partial charge in [-0.05, 0) is 26.0 Å². The predicted molar refractivity (Wildman–Crippen MR) is 73.2 cm³/mol. The number of aryl methyl sites for hydroxylation is 1. The van der Waals surface area contributed by atoms with Gasteiger partial charge in [0.05, 0.1) is 12.6 Å². The highest BCUT2D eigenvalue weighted by atomic mass is 35.5. The molecule has 0 spiro atoms. The lowest BCUT2D eigenvalue weighted by molar-refractivity contribution is 0.119. The molecule has 2 aromatic heterocycles. The molecular formula is C13H18ClN3O. The zero-order valence-corrected chi connectivity index (χ0v) is 11.5. The second-order valence-corrected chi connectivity index (χ2v) is 4.57. The second-order valence-electron chi connectivity index (χ2n) is 4.19. The van der Waals surface area contributed by atoms with Gasteiger partial charge in [-0.1, -0.05) is 0 Å². The first-order chi connectivity index (χ1) is 8.77. The van der Waals surface area contributed by atoms with E-state index in [9.17, 15) is 0 Å². The van der Waals surface area contributed by atoms with Gasteiger partial charge in [-0.3, -0.25) is 0 Å². The summed E-state index contributed by atoms with van der Waals surface area (Å²) >= 11 is 5.84. The SMILES string of the molecule is CCOCC(C)n1c(CCCl)nc2cccnc21. The molecule has 4 nitrogen and oxygen atoms in total. The monoisotopic (exact) mass is 267 g/mol. The van der Waals surface area contributed by atoms with Crippen LogP contribution in [-0.2, 0) is 11.2 Å². The van der Waals surface area contributed by atoms with Crippen molar-refractivity contribution in [3.05, 3.63) is 24.2 Å². The standard InChI is InChI=1S/C13H18ClN3O/c1-3-18-9-10(2)17-12(6-7-14)16-11-5-4-8-15-13(11)17/h4-5,8,10H,3,6-7,9H2,1-2H3. The van der Waals surface area contributed by atoms with Gasteiger partial charge >= 0.3 is 0 Å².